The molecule has 23 heavy (non-hydrogen) atoms. The molecule has 1 aliphatic rings. The summed E-state index contributed by atoms with van der Waals surface area (Å²) < 4.78 is 0. The van der Waals surface area contributed by atoms with Crippen LogP contribution in [0.3, 0.4) is 0 Å². The number of Topliss-reactive ketones (excluding diaryl/α,β-unsaturated/α-hetero) is 3. The van der Waals surface area contributed by atoms with Gasteiger partial charge in [-0.1, -0.05) is 23.2 Å². The number of rotatable bonds is 4. The van der Waals surface area contributed by atoms with Crippen LogP contribution in [0.4, 0.5) is 0 Å². The summed E-state index contributed by atoms with van der Waals surface area (Å²) in [7, 11) is 0. The number of aliphatic hydroxyl groups is 1. The average molecular weight is 355 g/mol. The zero-order chi connectivity index (χ0) is 17.5. The number of fused-ring (bicyclic) bond motifs is 1. The van der Waals surface area contributed by atoms with Crippen LogP contribution in [0.2, 0.25) is 10.0 Å². The van der Waals surface area contributed by atoms with E-state index in [9.17, 15) is 19.5 Å². The topological polar surface area (TPSA) is 71.4 Å². The molecule has 0 radical (unpaired) electrons. The van der Waals surface area contributed by atoms with Gasteiger partial charge in [0.25, 0.3) is 0 Å². The van der Waals surface area contributed by atoms with Crippen molar-refractivity contribution in [3.8, 4) is 0 Å². The fourth-order valence-corrected chi connectivity index (χ4v) is 2.94. The van der Waals surface area contributed by atoms with Crippen molar-refractivity contribution in [2.24, 2.45) is 0 Å². The van der Waals surface area contributed by atoms with Crippen molar-refractivity contribution in [2.45, 2.75) is 39.0 Å². The van der Waals surface area contributed by atoms with E-state index in [1.807, 2.05) is 0 Å². The number of ketones is 3. The second kappa shape index (κ2) is 6.10. The Morgan fingerprint density at radius 1 is 1.13 bits per heavy atom. The maximum Gasteiger partial charge on any atom is 0.180 e. The third-order valence-electron chi connectivity index (χ3n) is 4.00. The van der Waals surface area contributed by atoms with Crippen molar-refractivity contribution in [3.63, 3.8) is 0 Å². The van der Waals surface area contributed by atoms with Gasteiger partial charge in [0, 0.05) is 18.4 Å². The highest BCUT2D eigenvalue weighted by atomic mass is 35.5. The highest BCUT2D eigenvalue weighted by Crippen LogP contribution is 2.42. The van der Waals surface area contributed by atoms with Crippen molar-refractivity contribution in [1.29, 1.82) is 0 Å². The number of allylic oxidation sites excluding steroid dienone is 1. The van der Waals surface area contributed by atoms with Crippen LogP contribution in [0.1, 0.15) is 44.7 Å². The lowest BCUT2D eigenvalue weighted by Crippen LogP contribution is -2.37. The Labute approximate surface area is 144 Å². The fourth-order valence-electron chi connectivity index (χ4n) is 2.61. The van der Waals surface area contributed by atoms with Gasteiger partial charge in [0.2, 0.25) is 0 Å². The quantitative estimate of drug-likeness (QED) is 0.827. The molecule has 1 N–H and O–H groups in total. The maximum absolute atomic E-state index is 12.7. The second-order valence-electron chi connectivity index (χ2n) is 6.11. The molecule has 0 amide bonds. The van der Waals surface area contributed by atoms with Gasteiger partial charge >= 0.3 is 0 Å². The first-order valence-corrected chi connectivity index (χ1v) is 7.83. The zero-order valence-electron chi connectivity index (χ0n) is 13.0. The lowest BCUT2D eigenvalue weighted by Gasteiger charge is -2.32. The number of aliphatic hydroxyl groups excluding tert-OH is 1. The van der Waals surface area contributed by atoms with Crippen LogP contribution < -0.4 is 0 Å². The standard InChI is InChI=1S/C17H16Cl2O4/c1-8(20)4-5-13(21)14-15(22)9-6-11(18)12(19)7-10(9)17(2,3)16(14)23/h6-7,22H,4-5H2,1-3H3. The molecule has 0 aliphatic heterocycles. The van der Waals surface area contributed by atoms with E-state index in [4.69, 9.17) is 23.2 Å². The van der Waals surface area contributed by atoms with Gasteiger partial charge in [-0.15, -0.1) is 0 Å². The van der Waals surface area contributed by atoms with Gasteiger partial charge in [-0.3, -0.25) is 9.59 Å². The first kappa shape index (κ1) is 17.7. The molecule has 122 valence electrons. The number of benzene rings is 1. The molecule has 0 spiro atoms. The molecule has 0 heterocycles. The van der Waals surface area contributed by atoms with Gasteiger partial charge < -0.3 is 9.90 Å². The molecular weight excluding hydrogens is 339 g/mol. The molecule has 0 bridgehead atoms. The number of hydrogen-bond acceptors (Lipinski definition) is 4. The highest BCUT2D eigenvalue weighted by molar-refractivity contribution is 6.42. The lowest BCUT2D eigenvalue weighted by molar-refractivity contribution is -0.126. The molecule has 0 fully saturated rings. The summed E-state index contributed by atoms with van der Waals surface area (Å²) in [4.78, 5) is 36.1. The van der Waals surface area contributed by atoms with E-state index in [-0.39, 0.29) is 34.2 Å². The summed E-state index contributed by atoms with van der Waals surface area (Å²) in [6.45, 7) is 4.68. The van der Waals surface area contributed by atoms with Crippen molar-refractivity contribution >= 4 is 46.3 Å². The van der Waals surface area contributed by atoms with Crippen molar-refractivity contribution < 1.29 is 19.5 Å². The van der Waals surface area contributed by atoms with Crippen molar-refractivity contribution in [2.75, 3.05) is 0 Å². The first-order chi connectivity index (χ1) is 10.6. The van der Waals surface area contributed by atoms with Gasteiger partial charge in [0.1, 0.15) is 17.1 Å². The van der Waals surface area contributed by atoms with E-state index in [2.05, 4.69) is 0 Å². The van der Waals surface area contributed by atoms with Crippen LogP contribution >= 0.6 is 23.2 Å². The van der Waals surface area contributed by atoms with Gasteiger partial charge in [-0.2, -0.15) is 0 Å². The van der Waals surface area contributed by atoms with E-state index in [1.165, 1.54) is 19.1 Å². The van der Waals surface area contributed by atoms with Gasteiger partial charge in [0.05, 0.1) is 15.5 Å². The fraction of sp³-hybridized carbons (Fsp3) is 0.353. The summed E-state index contributed by atoms with van der Waals surface area (Å²) in [5.74, 6) is -1.60. The molecule has 1 aromatic carbocycles. The number of carbonyl (C=O) groups is 3. The highest BCUT2D eigenvalue weighted by Gasteiger charge is 2.43. The van der Waals surface area contributed by atoms with Crippen LogP contribution in [-0.4, -0.2) is 22.5 Å². The summed E-state index contributed by atoms with van der Waals surface area (Å²) in [5.41, 5.74) is -0.480. The van der Waals surface area contributed by atoms with Crippen LogP contribution in [0, 0.1) is 0 Å². The van der Waals surface area contributed by atoms with E-state index < -0.39 is 22.7 Å². The van der Waals surface area contributed by atoms with Gasteiger partial charge in [-0.25, -0.2) is 0 Å². The molecule has 1 aromatic rings. The largest absolute Gasteiger partial charge is 0.506 e. The minimum absolute atomic E-state index is 0.0254. The zero-order valence-corrected chi connectivity index (χ0v) is 14.5. The maximum atomic E-state index is 12.7. The smallest absolute Gasteiger partial charge is 0.180 e. The summed E-state index contributed by atoms with van der Waals surface area (Å²) in [6.07, 6.45) is -0.0925. The predicted molar refractivity (Wildman–Crippen MR) is 89.0 cm³/mol. The van der Waals surface area contributed by atoms with Crippen LogP contribution in [0.15, 0.2) is 17.7 Å². The minimum atomic E-state index is -1.03. The Kier molecular flexibility index (Phi) is 4.69. The number of hydrogen-bond donors (Lipinski definition) is 1. The third kappa shape index (κ3) is 3.06. The van der Waals surface area contributed by atoms with E-state index in [1.54, 1.807) is 13.8 Å². The Hall–Kier alpha value is -1.65. The SMILES string of the molecule is CC(=O)CCC(=O)C1=C(O)c2cc(Cl)c(Cl)cc2C(C)(C)C1=O. The summed E-state index contributed by atoms with van der Waals surface area (Å²) >= 11 is 12.0. The van der Waals surface area contributed by atoms with Crippen molar-refractivity contribution in [1.82, 2.24) is 0 Å². The van der Waals surface area contributed by atoms with Crippen LogP contribution in [-0.2, 0) is 19.8 Å². The van der Waals surface area contributed by atoms with E-state index >= 15 is 0 Å². The molecule has 0 unspecified atom stereocenters. The molecule has 0 saturated carbocycles. The van der Waals surface area contributed by atoms with Crippen LogP contribution in [0.5, 0.6) is 0 Å². The van der Waals surface area contributed by atoms with E-state index in [0.717, 1.165) is 0 Å². The molecule has 2 rings (SSSR count). The van der Waals surface area contributed by atoms with E-state index in [0.29, 0.717) is 11.1 Å². The Bertz CT molecular complexity index is 760. The summed E-state index contributed by atoms with van der Waals surface area (Å²) in [5, 5.41) is 10.9. The van der Waals surface area contributed by atoms with Gasteiger partial charge in [-0.05, 0) is 38.5 Å². The number of carbonyl (C=O) groups excluding carboxylic acids is 3. The predicted octanol–water partition coefficient (Wildman–Crippen LogP) is 4.06. The monoisotopic (exact) mass is 354 g/mol. The molecule has 0 aromatic heterocycles. The first-order valence-electron chi connectivity index (χ1n) is 7.08. The Balaban J connectivity index is 2.62. The minimum Gasteiger partial charge on any atom is -0.506 e. The molecule has 0 atom stereocenters. The lowest BCUT2D eigenvalue weighted by atomic mass is 9.70. The molecule has 1 aliphatic carbocycles. The number of halogens is 2. The van der Waals surface area contributed by atoms with Gasteiger partial charge in [0.15, 0.2) is 11.6 Å². The Morgan fingerprint density at radius 3 is 2.26 bits per heavy atom. The molecule has 4 nitrogen and oxygen atoms in total. The van der Waals surface area contributed by atoms with Crippen LogP contribution in [0.25, 0.3) is 5.76 Å². The average Bonchev–Trinajstić information content (AvgIpc) is 2.45. The molecule has 0 saturated heterocycles. The summed E-state index contributed by atoms with van der Waals surface area (Å²) in [6, 6.07) is 2.98. The second-order valence-corrected chi connectivity index (χ2v) is 6.93. The normalized spacial score (nSPS) is 16.3. The van der Waals surface area contributed by atoms with Crippen molar-refractivity contribution in [3.05, 3.63) is 38.9 Å². The Morgan fingerprint density at radius 2 is 1.70 bits per heavy atom. The molecular formula is C17H16Cl2O4. The molecule has 6 heteroatoms. The third-order valence-corrected chi connectivity index (χ3v) is 4.73.